The first-order valence-corrected chi connectivity index (χ1v) is 7.65. The maximum absolute atomic E-state index is 12.2. The zero-order valence-electron chi connectivity index (χ0n) is 12.5. The van der Waals surface area contributed by atoms with E-state index in [9.17, 15) is 4.79 Å². The van der Waals surface area contributed by atoms with Gasteiger partial charge in [-0.05, 0) is 36.2 Å². The molecule has 106 valence electrons. The molecule has 0 spiro atoms. The number of anilines is 1. The van der Waals surface area contributed by atoms with Crippen molar-refractivity contribution in [2.45, 2.75) is 40.0 Å². The molecule has 0 fully saturated rings. The Labute approximate surface area is 119 Å². The number of carbonyl (C=O) groups excluding carboxylic acids is 1. The van der Waals surface area contributed by atoms with Crippen LogP contribution in [-0.2, 0) is 12.8 Å². The van der Waals surface area contributed by atoms with Crippen LogP contribution in [0.25, 0.3) is 0 Å². The molecule has 0 saturated heterocycles. The third-order valence-corrected chi connectivity index (χ3v) is 5.22. The first-order valence-electron chi connectivity index (χ1n) is 6.83. The van der Waals surface area contributed by atoms with Gasteiger partial charge in [0.1, 0.15) is 0 Å². The summed E-state index contributed by atoms with van der Waals surface area (Å²) in [5.41, 5.74) is 8.38. The highest BCUT2D eigenvalue weighted by Crippen LogP contribution is 2.43. The topological polar surface area (TPSA) is 46.3 Å². The van der Waals surface area contributed by atoms with E-state index < -0.39 is 0 Å². The molecule has 2 N–H and O–H groups in total. The molecule has 1 heterocycles. The van der Waals surface area contributed by atoms with E-state index in [2.05, 4.69) is 20.8 Å². The summed E-state index contributed by atoms with van der Waals surface area (Å²) in [6.45, 7) is 6.89. The van der Waals surface area contributed by atoms with Crippen molar-refractivity contribution in [1.29, 1.82) is 0 Å². The van der Waals surface area contributed by atoms with Crippen LogP contribution in [0.4, 0.5) is 5.00 Å². The molecule has 0 bridgehead atoms. The van der Waals surface area contributed by atoms with Gasteiger partial charge in [0.15, 0.2) is 0 Å². The predicted molar refractivity (Wildman–Crippen MR) is 81.7 cm³/mol. The lowest BCUT2D eigenvalue weighted by Crippen LogP contribution is -2.28. The molecule has 1 aromatic heterocycles. The van der Waals surface area contributed by atoms with Crippen LogP contribution in [0, 0.1) is 11.3 Å². The number of fused-ring (bicyclic) bond motifs is 1. The highest BCUT2D eigenvalue weighted by atomic mass is 32.1. The molecule has 19 heavy (non-hydrogen) atoms. The predicted octanol–water partition coefficient (Wildman–Crippen LogP) is 3.18. The van der Waals surface area contributed by atoms with E-state index in [4.69, 9.17) is 5.73 Å². The summed E-state index contributed by atoms with van der Waals surface area (Å²) in [5, 5.41) is 0.693. The van der Waals surface area contributed by atoms with Crippen molar-refractivity contribution in [2.75, 3.05) is 19.8 Å². The number of thiophene rings is 1. The Balaban J connectivity index is 2.35. The van der Waals surface area contributed by atoms with Crippen LogP contribution in [0.1, 0.15) is 48.0 Å². The fourth-order valence-electron chi connectivity index (χ4n) is 2.80. The summed E-state index contributed by atoms with van der Waals surface area (Å²) in [6, 6.07) is 0. The lowest BCUT2D eigenvalue weighted by molar-refractivity contribution is 0.0827. The molecule has 1 aromatic rings. The molecule has 1 aliphatic rings. The fraction of sp³-hybridized carbons (Fsp3) is 0.667. The molecular formula is C15H24N2OS. The molecule has 1 atom stereocenters. The molecule has 4 heteroatoms. The quantitative estimate of drug-likeness (QED) is 0.858. The summed E-state index contributed by atoms with van der Waals surface area (Å²) < 4.78 is 0. The Hall–Kier alpha value is -1.03. The maximum Gasteiger partial charge on any atom is 0.256 e. The van der Waals surface area contributed by atoms with Crippen LogP contribution in [0.3, 0.4) is 0 Å². The van der Waals surface area contributed by atoms with Crippen LogP contribution in [0.2, 0.25) is 0 Å². The lowest BCUT2D eigenvalue weighted by Gasteiger charge is -2.34. The number of nitrogens with two attached hydrogens (primary N) is 1. The Morgan fingerprint density at radius 1 is 1.37 bits per heavy atom. The fourth-order valence-corrected chi connectivity index (χ4v) is 3.99. The van der Waals surface area contributed by atoms with Gasteiger partial charge in [-0.3, -0.25) is 4.79 Å². The summed E-state index contributed by atoms with van der Waals surface area (Å²) >= 11 is 1.61. The van der Waals surface area contributed by atoms with Crippen molar-refractivity contribution in [3.8, 4) is 0 Å². The minimum Gasteiger partial charge on any atom is -0.390 e. The van der Waals surface area contributed by atoms with E-state index in [0.29, 0.717) is 16.3 Å². The smallest absolute Gasteiger partial charge is 0.256 e. The number of hydrogen-bond acceptors (Lipinski definition) is 3. The van der Waals surface area contributed by atoms with Gasteiger partial charge in [0.2, 0.25) is 0 Å². The number of hydrogen-bond donors (Lipinski definition) is 1. The molecule has 0 saturated carbocycles. The minimum absolute atomic E-state index is 0.0456. The lowest BCUT2D eigenvalue weighted by atomic mass is 9.72. The third-order valence-electron chi connectivity index (χ3n) is 4.14. The molecule has 0 aromatic carbocycles. The van der Waals surface area contributed by atoms with E-state index in [0.717, 1.165) is 24.8 Å². The van der Waals surface area contributed by atoms with Crippen LogP contribution < -0.4 is 5.73 Å². The van der Waals surface area contributed by atoms with Crippen LogP contribution >= 0.6 is 11.3 Å². The van der Waals surface area contributed by atoms with E-state index >= 15 is 0 Å². The molecule has 0 aliphatic heterocycles. The summed E-state index contributed by atoms with van der Waals surface area (Å²) in [4.78, 5) is 15.2. The Bertz CT molecular complexity index is 497. The number of rotatable bonds is 1. The third kappa shape index (κ3) is 2.64. The maximum atomic E-state index is 12.2. The molecule has 2 rings (SSSR count). The second-order valence-electron chi connectivity index (χ2n) is 6.75. The van der Waals surface area contributed by atoms with Crippen LogP contribution in [-0.4, -0.2) is 24.9 Å². The van der Waals surface area contributed by atoms with Gasteiger partial charge < -0.3 is 10.6 Å². The summed E-state index contributed by atoms with van der Waals surface area (Å²) in [7, 11) is 3.57. The minimum atomic E-state index is 0.0456. The van der Waals surface area contributed by atoms with Gasteiger partial charge >= 0.3 is 0 Å². The van der Waals surface area contributed by atoms with Crippen LogP contribution in [0.15, 0.2) is 0 Å². The van der Waals surface area contributed by atoms with Gasteiger partial charge in [-0.1, -0.05) is 20.8 Å². The number of amides is 1. The van der Waals surface area contributed by atoms with Crippen molar-refractivity contribution in [2.24, 2.45) is 11.3 Å². The highest BCUT2D eigenvalue weighted by molar-refractivity contribution is 7.16. The standard InChI is InChI=1S/C15H24N2OS/c1-15(2,3)9-6-7-10-11(8-9)19-13(16)12(10)14(18)17(4)5/h9H,6-8,16H2,1-5H3. The zero-order chi connectivity index (χ0) is 14.4. The largest absolute Gasteiger partial charge is 0.390 e. The average molecular weight is 280 g/mol. The van der Waals surface area contributed by atoms with E-state index in [1.807, 2.05) is 0 Å². The highest BCUT2D eigenvalue weighted by Gasteiger charge is 2.33. The monoisotopic (exact) mass is 280 g/mol. The molecule has 1 aliphatic carbocycles. The second kappa shape index (κ2) is 4.82. The van der Waals surface area contributed by atoms with Crippen molar-refractivity contribution < 1.29 is 4.79 Å². The first-order chi connectivity index (χ1) is 8.71. The Morgan fingerprint density at radius 3 is 2.53 bits per heavy atom. The Morgan fingerprint density at radius 2 is 2.00 bits per heavy atom. The van der Waals surface area contributed by atoms with Gasteiger partial charge in [-0.15, -0.1) is 11.3 Å². The molecule has 0 radical (unpaired) electrons. The van der Waals surface area contributed by atoms with E-state index in [1.165, 1.54) is 10.4 Å². The molecule has 1 unspecified atom stereocenters. The van der Waals surface area contributed by atoms with Crippen molar-refractivity contribution >= 4 is 22.2 Å². The van der Waals surface area contributed by atoms with Gasteiger partial charge in [-0.25, -0.2) is 0 Å². The van der Waals surface area contributed by atoms with E-state index in [-0.39, 0.29) is 5.91 Å². The molecule has 1 amide bonds. The van der Waals surface area contributed by atoms with Crippen molar-refractivity contribution in [3.05, 3.63) is 16.0 Å². The number of nitrogen functional groups attached to an aromatic ring is 1. The van der Waals surface area contributed by atoms with Gasteiger partial charge in [0, 0.05) is 19.0 Å². The summed E-state index contributed by atoms with van der Waals surface area (Å²) in [5.74, 6) is 0.726. The van der Waals surface area contributed by atoms with Gasteiger partial charge in [0.05, 0.1) is 10.6 Å². The molecule has 3 nitrogen and oxygen atoms in total. The van der Waals surface area contributed by atoms with Gasteiger partial charge in [0.25, 0.3) is 5.91 Å². The second-order valence-corrected chi connectivity index (χ2v) is 7.89. The van der Waals surface area contributed by atoms with Crippen molar-refractivity contribution in [3.63, 3.8) is 0 Å². The normalized spacial score (nSPS) is 19.1. The summed E-state index contributed by atoms with van der Waals surface area (Å²) in [6.07, 6.45) is 3.20. The SMILES string of the molecule is CN(C)C(=O)c1c(N)sc2c1CCC(C(C)(C)C)C2. The van der Waals surface area contributed by atoms with Crippen LogP contribution in [0.5, 0.6) is 0 Å². The first kappa shape index (κ1) is 14.4. The zero-order valence-corrected chi connectivity index (χ0v) is 13.4. The number of carbonyl (C=O) groups is 1. The van der Waals surface area contributed by atoms with E-state index in [1.54, 1.807) is 30.3 Å². The Kier molecular flexibility index (Phi) is 3.65. The van der Waals surface area contributed by atoms with Gasteiger partial charge in [-0.2, -0.15) is 0 Å². The molecular weight excluding hydrogens is 256 g/mol. The number of nitrogens with zero attached hydrogens (tertiary/aromatic N) is 1. The van der Waals surface area contributed by atoms with Crippen molar-refractivity contribution in [1.82, 2.24) is 4.90 Å². The average Bonchev–Trinajstić information content (AvgIpc) is 2.61.